The Hall–Kier alpha value is -3.00. The molecule has 2 heterocycles. The van der Waals surface area contributed by atoms with Crippen molar-refractivity contribution in [2.24, 2.45) is 0 Å². The maximum absolute atomic E-state index is 13.8. The van der Waals surface area contributed by atoms with Crippen molar-refractivity contribution < 1.29 is 23.5 Å². The third kappa shape index (κ3) is 2.97. The van der Waals surface area contributed by atoms with Gasteiger partial charge in [0.2, 0.25) is 0 Å². The molecule has 0 fully saturated rings. The molecule has 0 bridgehead atoms. The highest BCUT2D eigenvalue weighted by Gasteiger charge is 2.20. The number of carbonyl (C=O) groups excluding carboxylic acids is 1. The van der Waals surface area contributed by atoms with Gasteiger partial charge in [0.1, 0.15) is 5.82 Å². The minimum absolute atomic E-state index is 0.00687. The molecule has 2 N–H and O–H groups in total. The normalized spacial score (nSPS) is 10.5. The highest BCUT2D eigenvalue weighted by atomic mass is 32.1. The van der Waals surface area contributed by atoms with Crippen LogP contribution in [-0.4, -0.2) is 22.0 Å². The van der Waals surface area contributed by atoms with E-state index >= 15 is 0 Å². The number of nitrogens with zero attached hydrogens (tertiary/aromatic N) is 1. The van der Waals surface area contributed by atoms with Crippen LogP contribution in [0.25, 0.3) is 10.6 Å². The first-order valence-corrected chi connectivity index (χ1v) is 7.26. The molecule has 23 heavy (non-hydrogen) atoms. The van der Waals surface area contributed by atoms with Crippen LogP contribution in [0.15, 0.2) is 46.5 Å². The summed E-state index contributed by atoms with van der Waals surface area (Å²) in [5.74, 6) is -2.39. The zero-order valence-corrected chi connectivity index (χ0v) is 12.3. The van der Waals surface area contributed by atoms with E-state index in [-0.39, 0.29) is 22.7 Å². The van der Waals surface area contributed by atoms with Crippen molar-refractivity contribution in [1.82, 2.24) is 4.98 Å². The Bertz CT molecular complexity index is 873. The molecule has 2 aromatic heterocycles. The lowest BCUT2D eigenvalue weighted by molar-refractivity contribution is 0.0696. The SMILES string of the molecule is O=C(O)c1ccc(F)c(NC(=O)c2ncoc2-c2cccs2)c1. The molecule has 0 saturated heterocycles. The summed E-state index contributed by atoms with van der Waals surface area (Å²) in [6, 6.07) is 6.68. The topological polar surface area (TPSA) is 92.4 Å². The molecule has 0 radical (unpaired) electrons. The number of aromatic carboxylic acids is 1. The van der Waals surface area contributed by atoms with Gasteiger partial charge < -0.3 is 14.8 Å². The number of benzene rings is 1. The van der Waals surface area contributed by atoms with Crippen LogP contribution in [0.3, 0.4) is 0 Å². The molecule has 3 rings (SSSR count). The maximum Gasteiger partial charge on any atom is 0.335 e. The number of carboxylic acids is 1. The number of anilines is 1. The Labute approximate surface area is 133 Å². The van der Waals surface area contributed by atoms with Crippen LogP contribution >= 0.6 is 11.3 Å². The average molecular weight is 332 g/mol. The highest BCUT2D eigenvalue weighted by molar-refractivity contribution is 7.13. The summed E-state index contributed by atoms with van der Waals surface area (Å²) in [6.45, 7) is 0. The minimum Gasteiger partial charge on any atom is -0.478 e. The number of carboxylic acid groups (broad SMARTS) is 1. The number of carbonyl (C=O) groups is 2. The molecule has 8 heteroatoms. The summed E-state index contributed by atoms with van der Waals surface area (Å²) >= 11 is 1.36. The van der Waals surface area contributed by atoms with E-state index in [9.17, 15) is 14.0 Å². The zero-order chi connectivity index (χ0) is 16.4. The highest BCUT2D eigenvalue weighted by Crippen LogP contribution is 2.28. The molecule has 0 aliphatic heterocycles. The van der Waals surface area contributed by atoms with Crippen molar-refractivity contribution in [3.63, 3.8) is 0 Å². The van der Waals surface area contributed by atoms with Crippen LogP contribution in [0.1, 0.15) is 20.8 Å². The van der Waals surface area contributed by atoms with Crippen LogP contribution in [0, 0.1) is 5.82 Å². The third-order valence-corrected chi connectivity index (χ3v) is 3.86. The van der Waals surface area contributed by atoms with E-state index in [4.69, 9.17) is 9.52 Å². The van der Waals surface area contributed by atoms with Crippen molar-refractivity contribution >= 4 is 28.9 Å². The Morgan fingerprint density at radius 1 is 1.30 bits per heavy atom. The first-order chi connectivity index (χ1) is 11.1. The lowest BCUT2D eigenvalue weighted by Gasteiger charge is -2.06. The molecule has 0 aliphatic rings. The van der Waals surface area contributed by atoms with Gasteiger partial charge in [0.15, 0.2) is 17.8 Å². The molecule has 1 aromatic carbocycles. The second kappa shape index (κ2) is 6.01. The molecule has 0 saturated carbocycles. The van der Waals surface area contributed by atoms with Crippen LogP contribution in [-0.2, 0) is 0 Å². The summed E-state index contributed by atoms with van der Waals surface area (Å²) in [5.41, 5.74) is -0.386. The number of nitrogens with one attached hydrogen (secondary N) is 1. The summed E-state index contributed by atoms with van der Waals surface area (Å²) < 4.78 is 19.0. The average Bonchev–Trinajstić information content (AvgIpc) is 3.19. The number of hydrogen-bond donors (Lipinski definition) is 2. The minimum atomic E-state index is -1.22. The van der Waals surface area contributed by atoms with E-state index < -0.39 is 17.7 Å². The standard InChI is InChI=1S/C15H9FN2O4S/c16-9-4-3-8(15(20)21)6-10(9)18-14(19)12-13(22-7-17-12)11-2-1-5-23-11/h1-7H,(H,18,19)(H,20,21). The molecule has 1 amide bonds. The van der Waals surface area contributed by atoms with Gasteiger partial charge >= 0.3 is 5.97 Å². The van der Waals surface area contributed by atoms with Gasteiger partial charge in [-0.3, -0.25) is 4.79 Å². The van der Waals surface area contributed by atoms with Gasteiger partial charge in [-0.15, -0.1) is 11.3 Å². The number of thiophene rings is 1. The Morgan fingerprint density at radius 3 is 2.83 bits per heavy atom. The van der Waals surface area contributed by atoms with Gasteiger partial charge in [-0.1, -0.05) is 6.07 Å². The first kappa shape index (κ1) is 14.9. The van der Waals surface area contributed by atoms with Crippen LogP contribution < -0.4 is 5.32 Å². The van der Waals surface area contributed by atoms with Crippen molar-refractivity contribution in [1.29, 1.82) is 0 Å². The van der Waals surface area contributed by atoms with Gasteiger partial charge in [0, 0.05) is 0 Å². The Balaban J connectivity index is 1.90. The summed E-state index contributed by atoms with van der Waals surface area (Å²) in [5, 5.41) is 13.1. The van der Waals surface area contributed by atoms with Gasteiger partial charge in [-0.25, -0.2) is 14.2 Å². The smallest absolute Gasteiger partial charge is 0.335 e. The van der Waals surface area contributed by atoms with Crippen molar-refractivity contribution in [3.8, 4) is 10.6 Å². The van der Waals surface area contributed by atoms with Crippen LogP contribution in [0.4, 0.5) is 10.1 Å². The molecular weight excluding hydrogens is 323 g/mol. The second-order valence-electron chi connectivity index (χ2n) is 4.46. The van der Waals surface area contributed by atoms with Gasteiger partial charge in [0.05, 0.1) is 16.1 Å². The predicted octanol–water partition coefficient (Wildman–Crippen LogP) is 3.49. The van der Waals surface area contributed by atoms with E-state index in [1.165, 1.54) is 11.3 Å². The largest absolute Gasteiger partial charge is 0.478 e. The fraction of sp³-hybridized carbons (Fsp3) is 0. The fourth-order valence-electron chi connectivity index (χ4n) is 1.93. The summed E-state index contributed by atoms with van der Waals surface area (Å²) in [4.78, 5) is 27.8. The lowest BCUT2D eigenvalue weighted by Crippen LogP contribution is -2.15. The van der Waals surface area contributed by atoms with E-state index in [0.29, 0.717) is 4.88 Å². The number of hydrogen-bond acceptors (Lipinski definition) is 5. The second-order valence-corrected chi connectivity index (χ2v) is 5.41. The molecule has 0 spiro atoms. The van der Waals surface area contributed by atoms with Crippen LogP contribution in [0.2, 0.25) is 0 Å². The van der Waals surface area contributed by atoms with Gasteiger partial charge in [0.25, 0.3) is 5.91 Å². The molecule has 116 valence electrons. The van der Waals surface area contributed by atoms with Crippen molar-refractivity contribution in [2.45, 2.75) is 0 Å². The third-order valence-electron chi connectivity index (χ3n) is 2.99. The number of amides is 1. The molecule has 3 aromatic rings. The van der Waals surface area contributed by atoms with Gasteiger partial charge in [-0.05, 0) is 29.6 Å². The van der Waals surface area contributed by atoms with Crippen molar-refractivity contribution in [2.75, 3.05) is 5.32 Å². The van der Waals surface area contributed by atoms with Crippen molar-refractivity contribution in [3.05, 3.63) is 59.2 Å². The monoisotopic (exact) mass is 332 g/mol. The predicted molar refractivity (Wildman–Crippen MR) is 81.1 cm³/mol. The number of aromatic nitrogens is 1. The molecular formula is C15H9FN2O4S. The number of halogens is 1. The molecule has 0 atom stereocenters. The number of rotatable bonds is 4. The quantitative estimate of drug-likeness (QED) is 0.763. The first-order valence-electron chi connectivity index (χ1n) is 6.38. The zero-order valence-electron chi connectivity index (χ0n) is 11.4. The Kier molecular flexibility index (Phi) is 3.90. The van der Waals surface area contributed by atoms with E-state index in [2.05, 4.69) is 10.3 Å². The van der Waals surface area contributed by atoms with E-state index in [1.807, 2.05) is 5.38 Å². The molecule has 0 unspecified atom stereocenters. The molecule has 6 nitrogen and oxygen atoms in total. The van der Waals surface area contributed by atoms with Crippen LogP contribution in [0.5, 0.6) is 0 Å². The number of oxazole rings is 1. The molecule has 0 aliphatic carbocycles. The lowest BCUT2D eigenvalue weighted by atomic mass is 10.2. The maximum atomic E-state index is 13.8. The van der Waals surface area contributed by atoms with Gasteiger partial charge in [-0.2, -0.15) is 0 Å². The van der Waals surface area contributed by atoms with E-state index in [1.54, 1.807) is 12.1 Å². The summed E-state index contributed by atoms with van der Waals surface area (Å²) in [7, 11) is 0. The summed E-state index contributed by atoms with van der Waals surface area (Å²) in [6.07, 6.45) is 1.12. The fourth-order valence-corrected chi connectivity index (χ4v) is 2.64. The van der Waals surface area contributed by atoms with E-state index in [0.717, 1.165) is 24.6 Å². The Morgan fingerprint density at radius 2 is 2.13 bits per heavy atom.